The highest BCUT2D eigenvalue weighted by Gasteiger charge is 2.27. The van der Waals surface area contributed by atoms with E-state index in [0.717, 1.165) is 31.2 Å². The lowest BCUT2D eigenvalue weighted by Gasteiger charge is -2.31. The summed E-state index contributed by atoms with van der Waals surface area (Å²) < 4.78 is 0. The Morgan fingerprint density at radius 1 is 1.26 bits per heavy atom. The van der Waals surface area contributed by atoms with Crippen LogP contribution in [0, 0.1) is 0 Å². The predicted octanol–water partition coefficient (Wildman–Crippen LogP) is 2.42. The molecule has 1 amide bonds. The molecule has 1 aromatic rings. The quantitative estimate of drug-likeness (QED) is 0.854. The van der Waals surface area contributed by atoms with Gasteiger partial charge in [0.1, 0.15) is 0 Å². The van der Waals surface area contributed by atoms with Crippen LogP contribution < -0.4 is 11.1 Å². The maximum Gasteiger partial charge on any atom is 0.251 e. The molecule has 0 fully saturated rings. The molecule has 0 bridgehead atoms. The molecule has 19 heavy (non-hydrogen) atoms. The summed E-state index contributed by atoms with van der Waals surface area (Å²) >= 11 is 0. The van der Waals surface area contributed by atoms with Crippen LogP contribution in [0.2, 0.25) is 0 Å². The molecule has 104 valence electrons. The minimum Gasteiger partial charge on any atom is -0.345 e. The second-order valence-electron chi connectivity index (χ2n) is 5.48. The van der Waals surface area contributed by atoms with Crippen LogP contribution in [0.1, 0.15) is 54.6 Å². The number of hydrogen-bond acceptors (Lipinski definition) is 2. The number of rotatable bonds is 5. The van der Waals surface area contributed by atoms with Gasteiger partial charge in [-0.2, -0.15) is 0 Å². The summed E-state index contributed by atoms with van der Waals surface area (Å²) in [6.07, 6.45) is 5.17. The summed E-state index contributed by atoms with van der Waals surface area (Å²) in [5.74, 6) is 0.00356. The molecule has 0 saturated carbocycles. The summed E-state index contributed by atoms with van der Waals surface area (Å²) in [6.45, 7) is 4.62. The van der Waals surface area contributed by atoms with Crippen LogP contribution in [-0.4, -0.2) is 18.0 Å². The van der Waals surface area contributed by atoms with Crippen LogP contribution in [0.15, 0.2) is 18.2 Å². The number of hydrogen-bond donors (Lipinski definition) is 2. The molecule has 2 rings (SSSR count). The van der Waals surface area contributed by atoms with Gasteiger partial charge in [-0.1, -0.05) is 19.9 Å². The number of carbonyl (C=O) groups is 1. The van der Waals surface area contributed by atoms with Crippen LogP contribution in [0.25, 0.3) is 0 Å². The zero-order chi connectivity index (χ0) is 13.9. The van der Waals surface area contributed by atoms with Crippen molar-refractivity contribution < 1.29 is 4.79 Å². The van der Waals surface area contributed by atoms with E-state index < -0.39 is 0 Å². The molecule has 0 radical (unpaired) electrons. The fourth-order valence-corrected chi connectivity index (χ4v) is 2.79. The molecule has 0 aromatic heterocycles. The number of nitrogens with one attached hydrogen (secondary N) is 1. The van der Waals surface area contributed by atoms with Gasteiger partial charge in [-0.05, 0) is 55.4 Å². The molecule has 3 heteroatoms. The van der Waals surface area contributed by atoms with Crippen molar-refractivity contribution in [3.8, 4) is 0 Å². The summed E-state index contributed by atoms with van der Waals surface area (Å²) in [4.78, 5) is 12.4. The molecule has 0 unspecified atom stereocenters. The number of aryl methyl sites for hydroxylation is 2. The highest BCUT2D eigenvalue weighted by Crippen LogP contribution is 2.23. The van der Waals surface area contributed by atoms with Crippen LogP contribution in [0.4, 0.5) is 0 Å². The SMILES string of the molecule is CCC(CC)(CN)NC(=O)c1ccc2c(c1)CCC2. The third-order valence-corrected chi connectivity index (χ3v) is 4.48. The van der Waals surface area contributed by atoms with Crippen molar-refractivity contribution in [2.75, 3.05) is 6.54 Å². The predicted molar refractivity (Wildman–Crippen MR) is 78.3 cm³/mol. The topological polar surface area (TPSA) is 55.1 Å². The van der Waals surface area contributed by atoms with Gasteiger partial charge in [-0.15, -0.1) is 0 Å². The van der Waals surface area contributed by atoms with Gasteiger partial charge in [0.05, 0.1) is 5.54 Å². The Bertz CT molecular complexity index is 456. The third-order valence-electron chi connectivity index (χ3n) is 4.48. The van der Waals surface area contributed by atoms with E-state index in [9.17, 15) is 4.79 Å². The van der Waals surface area contributed by atoms with Crippen LogP contribution in [0.3, 0.4) is 0 Å². The van der Waals surface area contributed by atoms with Gasteiger partial charge in [0, 0.05) is 12.1 Å². The standard InChI is InChI=1S/C16H24N2O/c1-3-16(4-2,11-17)18-15(19)14-9-8-12-6-5-7-13(12)10-14/h8-10H,3-7,11,17H2,1-2H3,(H,18,19). The van der Waals surface area contributed by atoms with Crippen molar-refractivity contribution in [2.45, 2.75) is 51.5 Å². The molecule has 1 aliphatic carbocycles. The normalized spacial score (nSPS) is 14.3. The van der Waals surface area contributed by atoms with E-state index >= 15 is 0 Å². The molecule has 0 aliphatic heterocycles. The monoisotopic (exact) mass is 260 g/mol. The Morgan fingerprint density at radius 2 is 1.95 bits per heavy atom. The van der Waals surface area contributed by atoms with Gasteiger partial charge in [-0.25, -0.2) is 0 Å². The Kier molecular flexibility index (Phi) is 4.25. The van der Waals surface area contributed by atoms with Gasteiger partial charge in [0.15, 0.2) is 0 Å². The number of carbonyl (C=O) groups excluding carboxylic acids is 1. The first-order chi connectivity index (χ1) is 9.14. The van der Waals surface area contributed by atoms with Crippen molar-refractivity contribution in [1.82, 2.24) is 5.32 Å². The summed E-state index contributed by atoms with van der Waals surface area (Å²) in [6, 6.07) is 6.08. The van der Waals surface area contributed by atoms with Crippen molar-refractivity contribution in [3.05, 3.63) is 34.9 Å². The molecular formula is C16H24N2O. The number of amides is 1. The van der Waals surface area contributed by atoms with Gasteiger partial charge in [0.25, 0.3) is 5.91 Å². The Morgan fingerprint density at radius 3 is 2.58 bits per heavy atom. The minimum atomic E-state index is -0.268. The van der Waals surface area contributed by atoms with E-state index in [1.807, 2.05) is 12.1 Å². The Hall–Kier alpha value is -1.35. The lowest BCUT2D eigenvalue weighted by molar-refractivity contribution is 0.0895. The van der Waals surface area contributed by atoms with Gasteiger partial charge < -0.3 is 11.1 Å². The van der Waals surface area contributed by atoms with Crippen LogP contribution in [0.5, 0.6) is 0 Å². The number of nitrogens with two attached hydrogens (primary N) is 1. The van der Waals surface area contributed by atoms with Gasteiger partial charge in [0.2, 0.25) is 0 Å². The maximum atomic E-state index is 12.4. The third kappa shape index (κ3) is 2.81. The second kappa shape index (κ2) is 5.74. The largest absolute Gasteiger partial charge is 0.345 e. The minimum absolute atomic E-state index is 0.00356. The number of fused-ring (bicyclic) bond motifs is 1. The molecule has 1 aromatic carbocycles. The van der Waals surface area contributed by atoms with Gasteiger partial charge >= 0.3 is 0 Å². The second-order valence-corrected chi connectivity index (χ2v) is 5.48. The van der Waals surface area contributed by atoms with Crippen molar-refractivity contribution in [2.24, 2.45) is 5.73 Å². The summed E-state index contributed by atoms with van der Waals surface area (Å²) in [7, 11) is 0. The Balaban J connectivity index is 2.16. The van der Waals surface area contributed by atoms with Crippen LogP contribution in [-0.2, 0) is 12.8 Å². The maximum absolute atomic E-state index is 12.4. The molecule has 0 saturated heterocycles. The van der Waals surface area contributed by atoms with Crippen molar-refractivity contribution >= 4 is 5.91 Å². The molecule has 0 atom stereocenters. The van der Waals surface area contributed by atoms with Gasteiger partial charge in [-0.3, -0.25) is 4.79 Å². The first kappa shape index (κ1) is 14.1. The van der Waals surface area contributed by atoms with Crippen molar-refractivity contribution in [1.29, 1.82) is 0 Å². The lowest BCUT2D eigenvalue weighted by atomic mass is 9.92. The summed E-state index contributed by atoms with van der Waals surface area (Å²) in [5.41, 5.74) is 9.06. The van der Waals surface area contributed by atoms with E-state index in [1.54, 1.807) is 0 Å². The molecule has 0 spiro atoms. The average Bonchev–Trinajstić information content (AvgIpc) is 2.92. The van der Waals surface area contributed by atoms with Crippen LogP contribution >= 0.6 is 0 Å². The van der Waals surface area contributed by atoms with E-state index in [-0.39, 0.29) is 11.4 Å². The Labute approximate surface area is 115 Å². The molecule has 3 N–H and O–H groups in total. The van der Waals surface area contributed by atoms with E-state index in [1.165, 1.54) is 17.5 Å². The molecule has 3 nitrogen and oxygen atoms in total. The van der Waals surface area contributed by atoms with Crippen molar-refractivity contribution in [3.63, 3.8) is 0 Å². The highest BCUT2D eigenvalue weighted by molar-refractivity contribution is 5.95. The lowest BCUT2D eigenvalue weighted by Crippen LogP contribution is -2.52. The summed E-state index contributed by atoms with van der Waals surface area (Å²) in [5, 5.41) is 3.12. The molecular weight excluding hydrogens is 236 g/mol. The smallest absolute Gasteiger partial charge is 0.251 e. The number of benzene rings is 1. The fourth-order valence-electron chi connectivity index (χ4n) is 2.79. The first-order valence-corrected chi connectivity index (χ1v) is 7.28. The average molecular weight is 260 g/mol. The highest BCUT2D eigenvalue weighted by atomic mass is 16.1. The molecule has 0 heterocycles. The van der Waals surface area contributed by atoms with E-state index in [0.29, 0.717) is 6.54 Å². The van der Waals surface area contributed by atoms with E-state index in [4.69, 9.17) is 5.73 Å². The zero-order valence-electron chi connectivity index (χ0n) is 12.0. The van der Waals surface area contributed by atoms with E-state index in [2.05, 4.69) is 25.2 Å². The fraction of sp³-hybridized carbons (Fsp3) is 0.562. The molecule has 1 aliphatic rings. The zero-order valence-corrected chi connectivity index (χ0v) is 12.0. The first-order valence-electron chi connectivity index (χ1n) is 7.28.